The highest BCUT2D eigenvalue weighted by molar-refractivity contribution is 5.43. The van der Waals surface area contributed by atoms with Gasteiger partial charge in [0.2, 0.25) is 5.95 Å². The minimum absolute atomic E-state index is 0.621. The lowest BCUT2D eigenvalue weighted by atomic mass is 10.0. The summed E-state index contributed by atoms with van der Waals surface area (Å²) in [5.41, 5.74) is 0. The summed E-state index contributed by atoms with van der Waals surface area (Å²) >= 11 is 0. The number of aromatic nitrogens is 2. The molecule has 1 N–H and O–H groups in total. The molecule has 5 nitrogen and oxygen atoms in total. The summed E-state index contributed by atoms with van der Waals surface area (Å²) in [5, 5.41) is 3.18. The van der Waals surface area contributed by atoms with E-state index in [1.807, 2.05) is 12.3 Å². The highest BCUT2D eigenvalue weighted by atomic mass is 16.5. The molecule has 1 aliphatic heterocycles. The number of rotatable bonds is 6. The fourth-order valence-corrected chi connectivity index (χ4v) is 2.59. The van der Waals surface area contributed by atoms with Gasteiger partial charge in [-0.15, -0.1) is 0 Å². The summed E-state index contributed by atoms with van der Waals surface area (Å²) in [6.45, 7) is 4.75. The maximum absolute atomic E-state index is 5.02. The number of hydrogen-bond acceptors (Lipinski definition) is 5. The maximum atomic E-state index is 5.02. The molecule has 0 spiro atoms. The van der Waals surface area contributed by atoms with Crippen molar-refractivity contribution in [2.24, 2.45) is 0 Å². The fourth-order valence-electron chi connectivity index (χ4n) is 2.59. The van der Waals surface area contributed by atoms with Crippen molar-refractivity contribution >= 4 is 11.8 Å². The molecule has 0 aromatic carbocycles. The van der Waals surface area contributed by atoms with Crippen LogP contribution >= 0.6 is 0 Å². The van der Waals surface area contributed by atoms with Crippen molar-refractivity contribution in [2.75, 3.05) is 37.0 Å². The molecule has 0 radical (unpaired) electrons. The Morgan fingerprint density at radius 3 is 3.16 bits per heavy atom. The molecule has 19 heavy (non-hydrogen) atoms. The van der Waals surface area contributed by atoms with Crippen molar-refractivity contribution in [3.05, 3.63) is 12.3 Å². The summed E-state index contributed by atoms with van der Waals surface area (Å²) in [5.74, 6) is 1.73. The monoisotopic (exact) mass is 264 g/mol. The van der Waals surface area contributed by atoms with Gasteiger partial charge in [-0.2, -0.15) is 4.98 Å². The predicted octanol–water partition coefficient (Wildman–Crippen LogP) is 2.30. The van der Waals surface area contributed by atoms with Crippen LogP contribution in [0.25, 0.3) is 0 Å². The summed E-state index contributed by atoms with van der Waals surface area (Å²) in [6, 6.07) is 2.63. The standard InChI is InChI=1S/C14H24N4O/c1-3-12-6-4-5-10-18(12)13-7-8-15-14(17-13)16-9-11-19-2/h7-8,12H,3-6,9-11H2,1-2H3,(H,15,16,17). The average Bonchev–Trinajstić information content (AvgIpc) is 2.48. The first-order valence-electron chi connectivity index (χ1n) is 7.17. The highest BCUT2D eigenvalue weighted by Crippen LogP contribution is 2.25. The number of nitrogens with zero attached hydrogens (tertiary/aromatic N) is 3. The first-order chi connectivity index (χ1) is 9.35. The highest BCUT2D eigenvalue weighted by Gasteiger charge is 2.22. The average molecular weight is 264 g/mol. The van der Waals surface area contributed by atoms with E-state index in [9.17, 15) is 0 Å². The summed E-state index contributed by atoms with van der Waals surface area (Å²) < 4.78 is 5.02. The van der Waals surface area contributed by atoms with Crippen molar-refractivity contribution in [1.82, 2.24) is 9.97 Å². The van der Waals surface area contributed by atoms with Crippen LogP contribution in [0.15, 0.2) is 12.3 Å². The van der Waals surface area contributed by atoms with Gasteiger partial charge < -0.3 is 15.0 Å². The minimum Gasteiger partial charge on any atom is -0.383 e. The van der Waals surface area contributed by atoms with Crippen LogP contribution in [0.2, 0.25) is 0 Å². The van der Waals surface area contributed by atoms with Crippen molar-refractivity contribution in [3.63, 3.8) is 0 Å². The molecule has 2 rings (SSSR count). The Morgan fingerprint density at radius 2 is 2.37 bits per heavy atom. The van der Waals surface area contributed by atoms with E-state index in [2.05, 4.69) is 27.1 Å². The van der Waals surface area contributed by atoms with E-state index in [4.69, 9.17) is 4.74 Å². The van der Waals surface area contributed by atoms with E-state index in [1.165, 1.54) is 25.7 Å². The van der Waals surface area contributed by atoms with Crippen LogP contribution in [0.3, 0.4) is 0 Å². The Morgan fingerprint density at radius 1 is 1.47 bits per heavy atom. The van der Waals surface area contributed by atoms with Crippen LogP contribution < -0.4 is 10.2 Å². The van der Waals surface area contributed by atoms with Crippen molar-refractivity contribution < 1.29 is 4.74 Å². The topological polar surface area (TPSA) is 50.3 Å². The fraction of sp³-hybridized carbons (Fsp3) is 0.714. The molecule has 5 heteroatoms. The molecule has 1 aliphatic rings. The molecule has 0 amide bonds. The van der Waals surface area contributed by atoms with Gasteiger partial charge in [-0.05, 0) is 31.7 Å². The quantitative estimate of drug-likeness (QED) is 0.799. The third-order valence-corrected chi connectivity index (χ3v) is 3.62. The molecule has 1 fully saturated rings. The van der Waals surface area contributed by atoms with E-state index in [1.54, 1.807) is 7.11 Å². The Labute approximate surface area is 115 Å². The third kappa shape index (κ3) is 3.80. The Hall–Kier alpha value is -1.36. The Balaban J connectivity index is 2.04. The van der Waals surface area contributed by atoms with Gasteiger partial charge in [0.15, 0.2) is 0 Å². The summed E-state index contributed by atoms with van der Waals surface area (Å²) in [7, 11) is 1.69. The van der Waals surface area contributed by atoms with Gasteiger partial charge in [0, 0.05) is 32.4 Å². The van der Waals surface area contributed by atoms with Gasteiger partial charge in [0.05, 0.1) is 6.61 Å². The molecule has 1 aromatic rings. The zero-order chi connectivity index (χ0) is 13.5. The molecule has 0 saturated carbocycles. The van der Waals surface area contributed by atoms with E-state index < -0.39 is 0 Å². The molecule has 106 valence electrons. The molecule has 1 aromatic heterocycles. The van der Waals surface area contributed by atoms with Crippen molar-refractivity contribution in [1.29, 1.82) is 0 Å². The smallest absolute Gasteiger partial charge is 0.224 e. The van der Waals surface area contributed by atoms with Crippen molar-refractivity contribution in [3.8, 4) is 0 Å². The van der Waals surface area contributed by atoms with Crippen molar-refractivity contribution in [2.45, 2.75) is 38.6 Å². The lowest BCUT2D eigenvalue weighted by molar-refractivity contribution is 0.210. The van der Waals surface area contributed by atoms with Gasteiger partial charge in [0.25, 0.3) is 0 Å². The maximum Gasteiger partial charge on any atom is 0.224 e. The first kappa shape index (κ1) is 14.1. The Kier molecular flexibility index (Phi) is 5.39. The third-order valence-electron chi connectivity index (χ3n) is 3.62. The zero-order valence-corrected chi connectivity index (χ0v) is 11.9. The van der Waals surface area contributed by atoms with Gasteiger partial charge in [-0.3, -0.25) is 0 Å². The van der Waals surface area contributed by atoms with Gasteiger partial charge in [-0.1, -0.05) is 6.92 Å². The molecular formula is C14H24N4O. The van der Waals surface area contributed by atoms with Gasteiger partial charge in [0.1, 0.15) is 5.82 Å². The number of nitrogens with one attached hydrogen (secondary N) is 1. The molecule has 0 aliphatic carbocycles. The van der Waals surface area contributed by atoms with Crippen LogP contribution in [0, 0.1) is 0 Å². The van der Waals surface area contributed by atoms with E-state index in [0.29, 0.717) is 18.6 Å². The molecule has 1 atom stereocenters. The van der Waals surface area contributed by atoms with E-state index >= 15 is 0 Å². The number of ether oxygens (including phenoxy) is 1. The minimum atomic E-state index is 0.621. The lowest BCUT2D eigenvalue weighted by Crippen LogP contribution is -2.39. The molecule has 0 bridgehead atoms. The van der Waals surface area contributed by atoms with Crippen LogP contribution in [0.5, 0.6) is 0 Å². The Bertz CT molecular complexity index is 385. The number of hydrogen-bond donors (Lipinski definition) is 1. The summed E-state index contributed by atoms with van der Waals surface area (Å²) in [6.07, 6.45) is 6.87. The normalized spacial score (nSPS) is 19.5. The number of piperidine rings is 1. The molecule has 1 unspecified atom stereocenters. The molecule has 2 heterocycles. The second-order valence-corrected chi connectivity index (χ2v) is 4.91. The molecule has 1 saturated heterocycles. The predicted molar refractivity (Wildman–Crippen MR) is 77.7 cm³/mol. The SMILES string of the molecule is CCC1CCCCN1c1ccnc(NCCOC)n1. The first-order valence-corrected chi connectivity index (χ1v) is 7.17. The van der Waals surface area contributed by atoms with Gasteiger partial charge >= 0.3 is 0 Å². The zero-order valence-electron chi connectivity index (χ0n) is 11.9. The van der Waals surface area contributed by atoms with E-state index in [-0.39, 0.29) is 0 Å². The second kappa shape index (κ2) is 7.28. The summed E-state index contributed by atoms with van der Waals surface area (Å²) in [4.78, 5) is 11.3. The van der Waals surface area contributed by atoms with Crippen LogP contribution in [0.4, 0.5) is 11.8 Å². The van der Waals surface area contributed by atoms with Crippen LogP contribution in [0.1, 0.15) is 32.6 Å². The number of anilines is 2. The largest absolute Gasteiger partial charge is 0.383 e. The van der Waals surface area contributed by atoms with Crippen LogP contribution in [-0.4, -0.2) is 42.8 Å². The van der Waals surface area contributed by atoms with Crippen LogP contribution in [-0.2, 0) is 4.74 Å². The van der Waals surface area contributed by atoms with E-state index in [0.717, 1.165) is 18.9 Å². The second-order valence-electron chi connectivity index (χ2n) is 4.91. The lowest BCUT2D eigenvalue weighted by Gasteiger charge is -2.36. The molecular weight excluding hydrogens is 240 g/mol. The number of methoxy groups -OCH3 is 1. The van der Waals surface area contributed by atoms with Gasteiger partial charge in [-0.25, -0.2) is 4.98 Å².